The zero-order chi connectivity index (χ0) is 2.71. The maximum absolute atomic E-state index is 8.24. The van der Waals surface area contributed by atoms with E-state index in [9.17, 15) is 0 Å². The van der Waals surface area contributed by atoms with Crippen LogP contribution >= 0.6 is 0 Å². The van der Waals surface area contributed by atoms with Gasteiger partial charge in [0.2, 0.25) is 0 Å². The van der Waals surface area contributed by atoms with Gasteiger partial charge in [0.1, 0.15) is 0 Å². The maximum atomic E-state index is 8.24. The molecule has 0 saturated heterocycles. The lowest BCUT2D eigenvalue weighted by Crippen LogP contribution is -1.13. The monoisotopic (exact) mass is 70.0 g/mol. The average molecular weight is 70.1 g/mol. The van der Waals surface area contributed by atoms with E-state index >= 15 is 0 Å². The number of rotatable bonds is 0. The highest BCUT2D eigenvalue weighted by Gasteiger charge is 0.791. The minimum Gasteiger partial charge on any atom is -0.724 e. The van der Waals surface area contributed by atoms with Gasteiger partial charge in [-0.2, -0.15) is 0 Å². The number of nitrogens with zero attached hydrogens (tertiary/aromatic N) is 1. The van der Waals surface area contributed by atoms with Crippen molar-refractivity contribution in [2.75, 3.05) is 0 Å². The highest BCUT2D eigenvalue weighted by molar-refractivity contribution is 5.75. The third-order valence-electron chi connectivity index (χ3n) is 0. The molecule has 0 fully saturated rings. The van der Waals surface area contributed by atoms with E-state index in [0.29, 0.717) is 6.08 Å². The molecule has 4 heavy (non-hydrogen) atoms. The Labute approximate surface area is 28.4 Å². The average Bonchev–Trinajstić information content (AvgIpc) is 0.918. The van der Waals surface area contributed by atoms with Crippen LogP contribution in [0.25, 0.3) is 5.41 Å². The van der Waals surface area contributed by atoms with Crippen molar-refractivity contribution in [3.05, 3.63) is 5.41 Å². The van der Waals surface area contributed by atoms with Crippen LogP contribution in [0.15, 0.2) is 0 Å². The Morgan fingerprint density at radius 2 is 1.75 bits per heavy atom. The number of carbonyl (C=O) groups excluding carboxylic acids is 1. The molecule has 0 rings (SSSR count). The summed E-state index contributed by atoms with van der Waals surface area (Å²) < 4.78 is 0. The third kappa shape index (κ3) is 3.50. The summed E-state index contributed by atoms with van der Waals surface area (Å²) in [5.74, 6) is 0. The van der Waals surface area contributed by atoms with Crippen LogP contribution in [0.4, 0.5) is 0 Å². The third-order valence-corrected chi connectivity index (χ3v) is 0. The number of isocyanates is 1. The fourth-order valence-electron chi connectivity index (χ4n) is 0. The van der Waals surface area contributed by atoms with Gasteiger partial charge in [0.25, 0.3) is 0 Å². The molecule has 0 aliphatic rings. The molecule has 4 radical (unpaired) electrons. The van der Waals surface area contributed by atoms with Gasteiger partial charge >= 0.3 is 0 Å². The van der Waals surface area contributed by atoms with Gasteiger partial charge in [0, 0.05) is 11.0 Å². The molecular formula is CNOSi-. The molecule has 0 aromatic carbocycles. The SMILES string of the molecule is [N-]=C=O.[Si]. The van der Waals surface area contributed by atoms with Crippen LogP contribution in [0.1, 0.15) is 0 Å². The molecule has 0 aromatic rings. The molecule has 0 bridgehead atoms. The van der Waals surface area contributed by atoms with Gasteiger partial charge in [0.05, 0.1) is 0 Å². The van der Waals surface area contributed by atoms with Crippen molar-refractivity contribution in [1.82, 2.24) is 0 Å². The lowest BCUT2D eigenvalue weighted by Gasteiger charge is -1.32. The van der Waals surface area contributed by atoms with E-state index in [1.54, 1.807) is 0 Å². The smallest absolute Gasteiger partial charge is 0 e. The first kappa shape index (κ1) is 9.51. The lowest BCUT2D eigenvalue weighted by atomic mass is 11.7. The van der Waals surface area contributed by atoms with Crippen molar-refractivity contribution in [2.45, 2.75) is 0 Å². The van der Waals surface area contributed by atoms with Crippen molar-refractivity contribution in [2.24, 2.45) is 0 Å². The Balaban J connectivity index is 0. The number of hydrogen-bond acceptors (Lipinski definition) is 1. The molecule has 0 unspecified atom stereocenters. The van der Waals surface area contributed by atoms with Gasteiger partial charge in [-0.05, 0) is 6.08 Å². The van der Waals surface area contributed by atoms with Gasteiger partial charge in [-0.25, -0.2) is 0 Å². The molecule has 3 heteroatoms. The molecule has 0 atom stereocenters. The normalized spacial score (nSPS) is 2.00. The number of hydrogen-bond donors (Lipinski definition) is 0. The van der Waals surface area contributed by atoms with Crippen molar-refractivity contribution < 1.29 is 4.79 Å². The van der Waals surface area contributed by atoms with Gasteiger partial charge in [0.15, 0.2) is 0 Å². The summed E-state index contributed by atoms with van der Waals surface area (Å²) in [6.45, 7) is 0. The minimum atomic E-state index is 0. The Hall–Kier alpha value is -0.403. The summed E-state index contributed by atoms with van der Waals surface area (Å²) in [6.07, 6.45) is 0.500. The van der Waals surface area contributed by atoms with Gasteiger partial charge < -0.3 is 5.41 Å². The van der Waals surface area contributed by atoms with Gasteiger partial charge in [-0.15, -0.1) is 0 Å². The minimum absolute atomic E-state index is 0. The molecule has 0 heterocycles. The predicted molar refractivity (Wildman–Crippen MR) is 14.8 cm³/mol. The van der Waals surface area contributed by atoms with E-state index in [2.05, 4.69) is 0 Å². The zero-order valence-electron chi connectivity index (χ0n) is 1.86. The zero-order valence-corrected chi connectivity index (χ0v) is 2.86. The first-order valence-electron chi connectivity index (χ1n) is 0.428. The maximum Gasteiger partial charge on any atom is 0 e. The molecule has 0 saturated carbocycles. The summed E-state index contributed by atoms with van der Waals surface area (Å²) in [6, 6.07) is 0. The molecule has 0 amide bonds. The second-order valence-corrected chi connectivity index (χ2v) is 0.0913. The van der Waals surface area contributed by atoms with Crippen molar-refractivity contribution >= 4 is 17.0 Å². The molecule has 0 spiro atoms. The Kier molecular flexibility index (Phi) is 44.2. The molecule has 0 aliphatic heterocycles. The lowest BCUT2D eigenvalue weighted by molar-refractivity contribution is 0.569. The molecular weight excluding hydrogens is 70.1 g/mol. The highest BCUT2D eigenvalue weighted by Crippen LogP contribution is 0.949. The van der Waals surface area contributed by atoms with Gasteiger partial charge in [-0.3, -0.25) is 4.79 Å². The van der Waals surface area contributed by atoms with E-state index in [4.69, 9.17) is 10.2 Å². The van der Waals surface area contributed by atoms with Gasteiger partial charge in [-0.1, -0.05) is 0 Å². The molecule has 0 N–H and O–H groups in total. The quantitative estimate of drug-likeness (QED) is 0.215. The van der Waals surface area contributed by atoms with Crippen molar-refractivity contribution in [3.8, 4) is 0 Å². The van der Waals surface area contributed by atoms with E-state index in [0.717, 1.165) is 0 Å². The van der Waals surface area contributed by atoms with Crippen LogP contribution < -0.4 is 0 Å². The van der Waals surface area contributed by atoms with E-state index in [1.165, 1.54) is 0 Å². The van der Waals surface area contributed by atoms with Crippen LogP contribution in [-0.4, -0.2) is 17.0 Å². The van der Waals surface area contributed by atoms with Crippen LogP contribution in [0.2, 0.25) is 0 Å². The molecule has 20 valence electrons. The highest BCUT2D eigenvalue weighted by atomic mass is 28.1. The molecule has 2 nitrogen and oxygen atoms in total. The predicted octanol–water partition coefficient (Wildman–Crippen LogP) is -0.489. The standard InChI is InChI=1S/CNO.Si/c2-1-3;/q-1;. The van der Waals surface area contributed by atoms with Crippen LogP contribution in [0, 0.1) is 0 Å². The molecule has 0 aliphatic carbocycles. The topological polar surface area (TPSA) is 39.4 Å². The fraction of sp³-hybridized carbons (Fsp3) is 0. The van der Waals surface area contributed by atoms with Crippen LogP contribution in [0.5, 0.6) is 0 Å². The van der Waals surface area contributed by atoms with E-state index in [1.807, 2.05) is 0 Å². The summed E-state index contributed by atoms with van der Waals surface area (Å²) in [4.78, 5) is 8.24. The Morgan fingerprint density at radius 1 is 1.75 bits per heavy atom. The van der Waals surface area contributed by atoms with E-state index in [-0.39, 0.29) is 11.0 Å². The van der Waals surface area contributed by atoms with E-state index < -0.39 is 0 Å². The van der Waals surface area contributed by atoms with Crippen LogP contribution in [-0.2, 0) is 4.79 Å². The second kappa shape index (κ2) is 18.6. The molecule has 0 aromatic heterocycles. The van der Waals surface area contributed by atoms with Crippen molar-refractivity contribution in [3.63, 3.8) is 0 Å². The Morgan fingerprint density at radius 3 is 1.75 bits per heavy atom. The first-order chi connectivity index (χ1) is 1.41. The fourth-order valence-corrected chi connectivity index (χ4v) is 0. The second-order valence-electron chi connectivity index (χ2n) is 0.0913. The summed E-state index contributed by atoms with van der Waals surface area (Å²) in [7, 11) is 0. The van der Waals surface area contributed by atoms with Crippen LogP contribution in [0.3, 0.4) is 0 Å². The summed E-state index contributed by atoms with van der Waals surface area (Å²) in [5.41, 5.74) is 0. The van der Waals surface area contributed by atoms with Crippen molar-refractivity contribution in [1.29, 1.82) is 0 Å². The summed E-state index contributed by atoms with van der Waals surface area (Å²) in [5, 5.41) is 6.76. The Bertz CT molecular complexity index is 29.0. The first-order valence-corrected chi connectivity index (χ1v) is 0.428. The summed E-state index contributed by atoms with van der Waals surface area (Å²) >= 11 is 0. The largest absolute Gasteiger partial charge is 0.724 e.